The van der Waals surface area contributed by atoms with E-state index >= 15 is 0 Å². The van der Waals surface area contributed by atoms with E-state index in [4.69, 9.17) is 14.2 Å². The zero-order valence-corrected chi connectivity index (χ0v) is 21.1. The number of alkyl carbamates (subject to hydrolysis) is 1. The van der Waals surface area contributed by atoms with Crippen molar-refractivity contribution in [3.8, 4) is 0 Å². The van der Waals surface area contributed by atoms with Crippen molar-refractivity contribution in [3.05, 3.63) is 120 Å². The molecular weight excluding hydrogens is 454 g/mol. The topological polar surface area (TPSA) is 73.9 Å². The molecule has 0 heterocycles. The average molecular weight is 488 g/mol. The van der Waals surface area contributed by atoms with Gasteiger partial charge in [-0.3, -0.25) is 0 Å². The summed E-state index contributed by atoms with van der Waals surface area (Å²) in [5, 5.41) is 2.80. The molecule has 3 aromatic rings. The Morgan fingerprint density at radius 2 is 1.25 bits per heavy atom. The molecule has 0 saturated heterocycles. The van der Waals surface area contributed by atoms with Crippen molar-refractivity contribution in [2.75, 3.05) is 13.7 Å². The normalized spacial score (nSPS) is 12.7. The molecule has 0 aliphatic rings. The number of hydrogen-bond donors (Lipinski definition) is 1. The zero-order valence-electron chi connectivity index (χ0n) is 21.1. The summed E-state index contributed by atoms with van der Waals surface area (Å²) in [6, 6.07) is 29.1. The van der Waals surface area contributed by atoms with E-state index in [1.165, 1.54) is 13.2 Å². The van der Waals surface area contributed by atoms with Crippen LogP contribution in [-0.2, 0) is 24.6 Å². The Morgan fingerprint density at radius 1 is 0.806 bits per heavy atom. The standard InChI is InChI=1S/C30H33NO5/c1-29(2,3)36-28(33)31-26(20-21-27(32)34-4)22-35-30(23-14-8-5-9-15-23,24-16-10-6-11-17-24)25-18-12-7-13-19-25/h5-21,26H,22H2,1-4H3,(H,31,33)/b21-20+/t26-/m0/s1. The van der Waals surface area contributed by atoms with Gasteiger partial charge in [0.15, 0.2) is 0 Å². The molecule has 188 valence electrons. The molecule has 0 unspecified atom stereocenters. The SMILES string of the molecule is COC(=O)/C=C/[C@@H](COC(c1ccccc1)(c1ccccc1)c1ccccc1)NC(=O)OC(C)(C)C. The molecule has 3 aromatic carbocycles. The predicted molar refractivity (Wildman–Crippen MR) is 139 cm³/mol. The van der Waals surface area contributed by atoms with E-state index in [1.807, 2.05) is 91.0 Å². The maximum Gasteiger partial charge on any atom is 0.408 e. The van der Waals surface area contributed by atoms with Crippen LogP contribution in [0.5, 0.6) is 0 Å². The van der Waals surface area contributed by atoms with E-state index in [9.17, 15) is 9.59 Å². The monoisotopic (exact) mass is 487 g/mol. The van der Waals surface area contributed by atoms with Crippen LogP contribution in [0.1, 0.15) is 37.5 Å². The van der Waals surface area contributed by atoms with Crippen LogP contribution in [0.25, 0.3) is 0 Å². The average Bonchev–Trinajstić information content (AvgIpc) is 2.88. The highest BCUT2D eigenvalue weighted by atomic mass is 16.6. The van der Waals surface area contributed by atoms with Crippen LogP contribution in [-0.4, -0.2) is 37.4 Å². The predicted octanol–water partition coefficient (Wildman–Crippen LogP) is 5.62. The Bertz CT molecular complexity index is 1040. The Hall–Kier alpha value is -3.90. The van der Waals surface area contributed by atoms with Gasteiger partial charge in [-0.1, -0.05) is 97.1 Å². The number of methoxy groups -OCH3 is 1. The molecule has 1 amide bonds. The third-order valence-electron chi connectivity index (χ3n) is 5.39. The maximum atomic E-state index is 12.6. The van der Waals surface area contributed by atoms with Crippen LogP contribution < -0.4 is 5.32 Å². The largest absolute Gasteiger partial charge is 0.466 e. The first-order valence-corrected chi connectivity index (χ1v) is 11.8. The zero-order chi connectivity index (χ0) is 26.0. The third-order valence-corrected chi connectivity index (χ3v) is 5.39. The molecular formula is C30H33NO5. The summed E-state index contributed by atoms with van der Waals surface area (Å²) >= 11 is 0. The quantitative estimate of drug-likeness (QED) is 0.241. The van der Waals surface area contributed by atoms with Crippen molar-refractivity contribution in [3.63, 3.8) is 0 Å². The molecule has 0 saturated carbocycles. The Balaban J connectivity index is 2.04. The summed E-state index contributed by atoms with van der Waals surface area (Å²) in [4.78, 5) is 24.4. The van der Waals surface area contributed by atoms with Crippen molar-refractivity contribution in [2.24, 2.45) is 0 Å². The van der Waals surface area contributed by atoms with E-state index in [0.29, 0.717) is 0 Å². The molecule has 3 rings (SSSR count). The molecule has 0 spiro atoms. The third kappa shape index (κ3) is 7.06. The summed E-state index contributed by atoms with van der Waals surface area (Å²) in [7, 11) is 1.30. The highest BCUT2D eigenvalue weighted by Crippen LogP contribution is 2.40. The number of esters is 1. The second-order valence-electron chi connectivity index (χ2n) is 9.23. The van der Waals surface area contributed by atoms with Crippen molar-refractivity contribution < 1.29 is 23.8 Å². The van der Waals surface area contributed by atoms with Gasteiger partial charge in [0.05, 0.1) is 19.8 Å². The number of rotatable bonds is 9. The molecule has 0 aliphatic carbocycles. The van der Waals surface area contributed by atoms with Crippen LogP contribution in [0.3, 0.4) is 0 Å². The Kier molecular flexibility index (Phi) is 9.03. The van der Waals surface area contributed by atoms with Gasteiger partial charge in [0, 0.05) is 6.08 Å². The lowest BCUT2D eigenvalue weighted by Crippen LogP contribution is -2.43. The minimum absolute atomic E-state index is 0.0470. The number of amides is 1. The van der Waals surface area contributed by atoms with Crippen molar-refractivity contribution in [2.45, 2.75) is 38.0 Å². The molecule has 1 atom stereocenters. The van der Waals surface area contributed by atoms with Gasteiger partial charge in [-0.05, 0) is 37.5 Å². The van der Waals surface area contributed by atoms with Gasteiger partial charge >= 0.3 is 12.1 Å². The summed E-state index contributed by atoms with van der Waals surface area (Å²) in [6.45, 7) is 5.40. The Morgan fingerprint density at radius 3 is 1.64 bits per heavy atom. The summed E-state index contributed by atoms with van der Waals surface area (Å²) in [5.41, 5.74) is 1.13. The molecule has 0 fully saturated rings. The van der Waals surface area contributed by atoms with Crippen molar-refractivity contribution >= 4 is 12.1 Å². The number of nitrogens with one attached hydrogen (secondary N) is 1. The highest BCUT2D eigenvalue weighted by Gasteiger charge is 2.38. The van der Waals surface area contributed by atoms with Crippen LogP contribution in [0.15, 0.2) is 103 Å². The van der Waals surface area contributed by atoms with Gasteiger partial charge in [-0.2, -0.15) is 0 Å². The minimum atomic E-state index is -0.975. The van der Waals surface area contributed by atoms with Crippen LogP contribution in [0.2, 0.25) is 0 Å². The second-order valence-corrected chi connectivity index (χ2v) is 9.23. The number of hydrogen-bond acceptors (Lipinski definition) is 5. The fraction of sp³-hybridized carbons (Fsp3) is 0.267. The van der Waals surface area contributed by atoms with E-state index < -0.39 is 29.3 Å². The van der Waals surface area contributed by atoms with Gasteiger partial charge in [0.1, 0.15) is 11.2 Å². The fourth-order valence-electron chi connectivity index (χ4n) is 3.85. The first kappa shape index (κ1) is 26.7. The summed E-state index contributed by atoms with van der Waals surface area (Å²) in [5.74, 6) is -0.536. The van der Waals surface area contributed by atoms with Gasteiger partial charge < -0.3 is 19.5 Å². The molecule has 6 heteroatoms. The van der Waals surface area contributed by atoms with Gasteiger partial charge in [0.2, 0.25) is 0 Å². The molecule has 36 heavy (non-hydrogen) atoms. The highest BCUT2D eigenvalue weighted by molar-refractivity contribution is 5.82. The molecule has 0 radical (unpaired) electrons. The smallest absolute Gasteiger partial charge is 0.408 e. The fourth-order valence-corrected chi connectivity index (χ4v) is 3.85. The minimum Gasteiger partial charge on any atom is -0.466 e. The molecule has 6 nitrogen and oxygen atoms in total. The molecule has 1 N–H and O–H groups in total. The van der Waals surface area contributed by atoms with Crippen molar-refractivity contribution in [1.29, 1.82) is 0 Å². The van der Waals surface area contributed by atoms with E-state index in [1.54, 1.807) is 26.8 Å². The lowest BCUT2D eigenvalue weighted by atomic mass is 9.80. The van der Waals surface area contributed by atoms with Crippen LogP contribution >= 0.6 is 0 Å². The van der Waals surface area contributed by atoms with Crippen LogP contribution in [0.4, 0.5) is 4.79 Å². The van der Waals surface area contributed by atoms with E-state index in [-0.39, 0.29) is 6.61 Å². The summed E-state index contributed by atoms with van der Waals surface area (Å²) in [6.07, 6.45) is 2.19. The second kappa shape index (κ2) is 12.2. The molecule has 0 bridgehead atoms. The van der Waals surface area contributed by atoms with Gasteiger partial charge in [-0.15, -0.1) is 0 Å². The van der Waals surface area contributed by atoms with Crippen molar-refractivity contribution in [1.82, 2.24) is 5.32 Å². The number of carbonyl (C=O) groups is 2. The van der Waals surface area contributed by atoms with Gasteiger partial charge in [0.25, 0.3) is 0 Å². The maximum absolute atomic E-state index is 12.6. The number of ether oxygens (including phenoxy) is 3. The van der Waals surface area contributed by atoms with E-state index in [2.05, 4.69) is 5.32 Å². The first-order chi connectivity index (χ1) is 17.2. The van der Waals surface area contributed by atoms with Crippen LogP contribution in [0, 0.1) is 0 Å². The molecule has 0 aliphatic heterocycles. The number of carbonyl (C=O) groups excluding carboxylic acids is 2. The lowest BCUT2D eigenvalue weighted by molar-refractivity contribution is -0.134. The number of benzene rings is 3. The lowest BCUT2D eigenvalue weighted by Gasteiger charge is -2.37. The summed E-state index contributed by atoms with van der Waals surface area (Å²) < 4.78 is 16.9. The van der Waals surface area contributed by atoms with Gasteiger partial charge in [-0.25, -0.2) is 9.59 Å². The first-order valence-electron chi connectivity index (χ1n) is 11.8. The molecule has 0 aromatic heterocycles. The Labute approximate surface area is 212 Å². The van der Waals surface area contributed by atoms with E-state index in [0.717, 1.165) is 16.7 Å².